The number of carbonyl (C=O) groups is 1. The topological polar surface area (TPSA) is 56.6 Å². The highest BCUT2D eigenvalue weighted by Crippen LogP contribution is 2.33. The highest BCUT2D eigenvalue weighted by molar-refractivity contribution is 6.30. The summed E-state index contributed by atoms with van der Waals surface area (Å²) in [6.45, 7) is 6.26. The second-order valence-electron chi connectivity index (χ2n) is 8.43. The Hall–Kier alpha value is -3.77. The third-order valence-corrected chi connectivity index (χ3v) is 5.97. The van der Waals surface area contributed by atoms with Crippen LogP contribution in [0, 0.1) is 6.92 Å². The fourth-order valence-electron chi connectivity index (χ4n) is 3.74. The molecule has 1 heterocycles. The van der Waals surface area contributed by atoms with Crippen molar-refractivity contribution >= 4 is 17.5 Å². The van der Waals surface area contributed by atoms with E-state index in [-0.39, 0.29) is 11.9 Å². The molecule has 3 aromatic carbocycles. The normalized spacial score (nSPS) is 10.9. The van der Waals surface area contributed by atoms with Crippen LogP contribution in [0.3, 0.4) is 0 Å². The number of amides is 1. The van der Waals surface area contributed by atoms with E-state index in [1.54, 1.807) is 48.2 Å². The van der Waals surface area contributed by atoms with Crippen molar-refractivity contribution in [2.45, 2.75) is 33.4 Å². The average molecular weight is 490 g/mol. The van der Waals surface area contributed by atoms with E-state index in [1.807, 2.05) is 68.1 Å². The van der Waals surface area contributed by atoms with Crippen LogP contribution in [0.5, 0.6) is 17.4 Å². The molecule has 0 aliphatic rings. The maximum atomic E-state index is 13.5. The van der Waals surface area contributed by atoms with Gasteiger partial charge in [-0.25, -0.2) is 4.68 Å². The van der Waals surface area contributed by atoms with Crippen LogP contribution in [0.25, 0.3) is 5.69 Å². The molecule has 4 aromatic rings. The van der Waals surface area contributed by atoms with E-state index in [1.165, 1.54) is 0 Å². The summed E-state index contributed by atoms with van der Waals surface area (Å²) in [5.74, 6) is 1.82. The first-order chi connectivity index (χ1) is 16.9. The lowest BCUT2D eigenvalue weighted by atomic mass is 10.1. The number of halogens is 1. The molecule has 4 rings (SSSR count). The second-order valence-corrected chi connectivity index (χ2v) is 8.86. The molecular formula is C28H28ClN3O3. The van der Waals surface area contributed by atoms with E-state index in [0.717, 1.165) is 16.9 Å². The summed E-state index contributed by atoms with van der Waals surface area (Å²) < 4.78 is 13.4. The number of aromatic nitrogens is 2. The lowest BCUT2D eigenvalue weighted by molar-refractivity contribution is 0.0689. The van der Waals surface area contributed by atoms with Crippen LogP contribution >= 0.6 is 11.6 Å². The van der Waals surface area contributed by atoms with Crippen molar-refractivity contribution in [1.29, 1.82) is 0 Å². The summed E-state index contributed by atoms with van der Waals surface area (Å²) >= 11 is 6.07. The fourth-order valence-corrected chi connectivity index (χ4v) is 3.87. The van der Waals surface area contributed by atoms with Gasteiger partial charge in [-0.3, -0.25) is 4.79 Å². The Bertz CT molecular complexity index is 1280. The first-order valence-electron chi connectivity index (χ1n) is 11.4. The number of para-hydroxylation sites is 1. The molecule has 0 bridgehead atoms. The monoisotopic (exact) mass is 489 g/mol. The van der Waals surface area contributed by atoms with Gasteiger partial charge in [-0.1, -0.05) is 29.8 Å². The Kier molecular flexibility index (Phi) is 7.42. The largest absolute Gasteiger partial charge is 0.497 e. The summed E-state index contributed by atoms with van der Waals surface area (Å²) in [5, 5.41) is 5.40. The summed E-state index contributed by atoms with van der Waals surface area (Å²) in [6, 6.07) is 24.1. The number of hydrogen-bond acceptors (Lipinski definition) is 4. The number of rotatable bonds is 8. The van der Waals surface area contributed by atoms with Crippen molar-refractivity contribution in [3.8, 4) is 23.1 Å². The number of aryl methyl sites for hydroxylation is 1. The molecule has 0 unspecified atom stereocenters. The van der Waals surface area contributed by atoms with Gasteiger partial charge in [0.1, 0.15) is 11.5 Å². The number of ether oxygens (including phenoxy) is 2. The molecule has 6 nitrogen and oxygen atoms in total. The zero-order valence-corrected chi connectivity index (χ0v) is 21.0. The van der Waals surface area contributed by atoms with E-state index < -0.39 is 0 Å². The van der Waals surface area contributed by atoms with Crippen LogP contribution in [-0.4, -0.2) is 33.7 Å². The van der Waals surface area contributed by atoms with E-state index in [2.05, 4.69) is 0 Å². The summed E-state index contributed by atoms with van der Waals surface area (Å²) in [5.41, 5.74) is 3.07. The minimum absolute atomic E-state index is 0.0486. The zero-order valence-electron chi connectivity index (χ0n) is 20.2. The minimum atomic E-state index is -0.0769. The average Bonchev–Trinajstić information content (AvgIpc) is 3.18. The van der Waals surface area contributed by atoms with Gasteiger partial charge in [0.05, 0.1) is 30.6 Å². The molecule has 0 radical (unpaired) electrons. The van der Waals surface area contributed by atoms with Crippen molar-refractivity contribution < 1.29 is 14.3 Å². The second kappa shape index (κ2) is 10.7. The van der Waals surface area contributed by atoms with Crippen LogP contribution in [-0.2, 0) is 6.54 Å². The molecule has 180 valence electrons. The third-order valence-electron chi connectivity index (χ3n) is 5.72. The number of methoxy groups -OCH3 is 1. The van der Waals surface area contributed by atoms with Crippen LogP contribution in [0.4, 0.5) is 0 Å². The summed E-state index contributed by atoms with van der Waals surface area (Å²) in [4.78, 5) is 15.3. The smallest absolute Gasteiger partial charge is 0.254 e. The Morgan fingerprint density at radius 1 is 0.971 bits per heavy atom. The number of carbonyl (C=O) groups excluding carboxylic acids is 1. The van der Waals surface area contributed by atoms with Crippen LogP contribution in [0.2, 0.25) is 5.02 Å². The maximum Gasteiger partial charge on any atom is 0.254 e. The van der Waals surface area contributed by atoms with Crippen molar-refractivity contribution in [3.63, 3.8) is 0 Å². The fraction of sp³-hybridized carbons (Fsp3) is 0.214. The van der Waals surface area contributed by atoms with Crippen molar-refractivity contribution in [1.82, 2.24) is 14.7 Å². The van der Waals surface area contributed by atoms with Gasteiger partial charge in [-0.15, -0.1) is 0 Å². The van der Waals surface area contributed by atoms with E-state index in [4.69, 9.17) is 26.2 Å². The minimum Gasteiger partial charge on any atom is -0.497 e. The van der Waals surface area contributed by atoms with Crippen LogP contribution < -0.4 is 9.47 Å². The molecule has 0 N–H and O–H groups in total. The molecule has 0 aliphatic heterocycles. The Morgan fingerprint density at radius 2 is 1.60 bits per heavy atom. The summed E-state index contributed by atoms with van der Waals surface area (Å²) in [6.07, 6.45) is 0. The van der Waals surface area contributed by atoms with Gasteiger partial charge in [-0.2, -0.15) is 5.10 Å². The highest BCUT2D eigenvalue weighted by atomic mass is 35.5. The molecule has 0 aliphatic carbocycles. The molecule has 0 saturated carbocycles. The Morgan fingerprint density at radius 3 is 2.20 bits per heavy atom. The molecule has 35 heavy (non-hydrogen) atoms. The quantitative estimate of drug-likeness (QED) is 0.277. The molecule has 0 atom stereocenters. The van der Waals surface area contributed by atoms with Crippen molar-refractivity contribution in [2.75, 3.05) is 7.11 Å². The van der Waals surface area contributed by atoms with Gasteiger partial charge in [0.25, 0.3) is 5.91 Å². The van der Waals surface area contributed by atoms with E-state index >= 15 is 0 Å². The third kappa shape index (κ3) is 5.49. The van der Waals surface area contributed by atoms with Gasteiger partial charge >= 0.3 is 0 Å². The van der Waals surface area contributed by atoms with E-state index in [9.17, 15) is 4.79 Å². The molecule has 0 saturated heterocycles. The number of nitrogens with zero attached hydrogens (tertiary/aromatic N) is 3. The van der Waals surface area contributed by atoms with Gasteiger partial charge in [-0.05, 0) is 81.4 Å². The molecule has 0 spiro atoms. The summed E-state index contributed by atoms with van der Waals surface area (Å²) in [7, 11) is 1.60. The van der Waals surface area contributed by atoms with Gasteiger partial charge in [0.15, 0.2) is 0 Å². The van der Waals surface area contributed by atoms with Crippen LogP contribution in [0.1, 0.15) is 35.5 Å². The lowest BCUT2D eigenvalue weighted by Crippen LogP contribution is -2.36. The SMILES string of the molecule is COc1ccc(C(=O)N(Cc2c(C)nn(-c3ccccc3)c2Oc2ccc(Cl)cc2)C(C)C)cc1. The van der Waals surface area contributed by atoms with Gasteiger partial charge in [0.2, 0.25) is 5.88 Å². The molecular weight excluding hydrogens is 462 g/mol. The first-order valence-corrected chi connectivity index (χ1v) is 11.8. The first kappa shape index (κ1) is 24.4. The number of benzene rings is 3. The van der Waals surface area contributed by atoms with Crippen molar-refractivity contribution in [3.05, 3.63) is 101 Å². The van der Waals surface area contributed by atoms with Crippen LogP contribution in [0.15, 0.2) is 78.9 Å². The van der Waals surface area contributed by atoms with Gasteiger partial charge in [0, 0.05) is 16.6 Å². The molecule has 7 heteroatoms. The highest BCUT2D eigenvalue weighted by Gasteiger charge is 2.26. The molecule has 0 fully saturated rings. The predicted molar refractivity (Wildman–Crippen MR) is 138 cm³/mol. The Balaban J connectivity index is 1.74. The van der Waals surface area contributed by atoms with E-state index in [0.29, 0.717) is 34.5 Å². The van der Waals surface area contributed by atoms with Crippen molar-refractivity contribution in [2.24, 2.45) is 0 Å². The lowest BCUT2D eigenvalue weighted by Gasteiger charge is -2.27. The predicted octanol–water partition coefficient (Wildman–Crippen LogP) is 6.69. The Labute approximate surface area is 210 Å². The number of hydrogen-bond donors (Lipinski definition) is 0. The maximum absolute atomic E-state index is 13.5. The standard InChI is InChI=1S/C28H28ClN3O3/c1-19(2)31(27(33)21-10-14-24(34-4)15-11-21)18-26-20(3)30-32(23-8-6-5-7-9-23)28(26)35-25-16-12-22(29)13-17-25/h5-17,19H,18H2,1-4H3. The van der Waals surface area contributed by atoms with Gasteiger partial charge < -0.3 is 14.4 Å². The molecule has 1 aromatic heterocycles. The molecule has 1 amide bonds. The zero-order chi connectivity index (χ0) is 24.9.